The smallest absolute Gasteiger partial charge is 0.342 e. The van der Waals surface area contributed by atoms with Crippen molar-refractivity contribution in [2.45, 2.75) is 46.3 Å². The van der Waals surface area contributed by atoms with Crippen LogP contribution in [-0.2, 0) is 9.53 Å². The molecule has 1 atom stereocenters. The molecule has 0 aliphatic heterocycles. The molecule has 0 radical (unpaired) electrons. The van der Waals surface area contributed by atoms with Gasteiger partial charge in [0.2, 0.25) is 0 Å². The molecule has 1 amide bonds. The van der Waals surface area contributed by atoms with Crippen LogP contribution in [0.25, 0.3) is 22.3 Å². The number of para-hydroxylation sites is 1. The minimum absolute atomic E-state index is 0.0946. The minimum Gasteiger partial charge on any atom is -0.455 e. The van der Waals surface area contributed by atoms with E-state index >= 15 is 0 Å². The van der Waals surface area contributed by atoms with E-state index in [9.17, 15) is 14.4 Å². The van der Waals surface area contributed by atoms with Crippen LogP contribution < -0.4 is 10.7 Å². The van der Waals surface area contributed by atoms with Gasteiger partial charge in [0.25, 0.3) is 5.91 Å². The van der Waals surface area contributed by atoms with E-state index in [0.717, 1.165) is 5.56 Å². The van der Waals surface area contributed by atoms with Gasteiger partial charge in [-0.25, -0.2) is 4.79 Å². The highest BCUT2D eigenvalue weighted by Crippen LogP contribution is 2.27. The van der Waals surface area contributed by atoms with Crippen molar-refractivity contribution in [1.29, 1.82) is 0 Å². The number of carbonyl (C=O) groups is 2. The number of esters is 1. The topological polar surface area (TPSA) is 85.6 Å². The third kappa shape index (κ3) is 4.43. The maximum Gasteiger partial charge on any atom is 0.342 e. The van der Waals surface area contributed by atoms with Crippen LogP contribution in [0.4, 0.5) is 0 Å². The lowest BCUT2D eigenvalue weighted by atomic mass is 10.0. The Labute approximate surface area is 174 Å². The van der Waals surface area contributed by atoms with E-state index in [0.29, 0.717) is 11.3 Å². The number of nitrogens with one attached hydrogen (secondary N) is 1. The lowest BCUT2D eigenvalue weighted by molar-refractivity contribution is -0.130. The van der Waals surface area contributed by atoms with E-state index in [1.54, 1.807) is 19.1 Å². The van der Waals surface area contributed by atoms with Gasteiger partial charge in [-0.05, 0) is 46.8 Å². The molecule has 30 heavy (non-hydrogen) atoms. The Kier molecular flexibility index (Phi) is 5.78. The van der Waals surface area contributed by atoms with Crippen molar-refractivity contribution >= 4 is 22.8 Å². The van der Waals surface area contributed by atoms with Gasteiger partial charge >= 0.3 is 5.97 Å². The van der Waals surface area contributed by atoms with Crippen molar-refractivity contribution < 1.29 is 18.7 Å². The average Bonchev–Trinajstić information content (AvgIpc) is 2.69. The highest BCUT2D eigenvalue weighted by molar-refractivity contribution is 6.03. The molecular formula is C24H25NO5. The van der Waals surface area contributed by atoms with Crippen LogP contribution in [0.2, 0.25) is 0 Å². The summed E-state index contributed by atoms with van der Waals surface area (Å²) < 4.78 is 11.4. The van der Waals surface area contributed by atoms with Crippen LogP contribution in [-0.4, -0.2) is 23.5 Å². The number of hydrogen-bond acceptors (Lipinski definition) is 5. The molecule has 6 heteroatoms. The summed E-state index contributed by atoms with van der Waals surface area (Å²) in [6.45, 7) is 8.71. The molecule has 3 rings (SSSR count). The Morgan fingerprint density at radius 3 is 2.33 bits per heavy atom. The fourth-order valence-corrected chi connectivity index (χ4v) is 3.08. The zero-order valence-electron chi connectivity index (χ0n) is 17.7. The predicted octanol–water partition coefficient (Wildman–Crippen LogP) is 4.23. The fraction of sp³-hybridized carbons (Fsp3) is 0.292. The number of hydrogen-bond donors (Lipinski definition) is 1. The van der Waals surface area contributed by atoms with Crippen molar-refractivity contribution in [3.8, 4) is 11.3 Å². The summed E-state index contributed by atoms with van der Waals surface area (Å²) in [6.07, 6.45) is -1.00. The molecule has 2 aromatic carbocycles. The Hall–Kier alpha value is -3.41. The van der Waals surface area contributed by atoms with Crippen molar-refractivity contribution in [2.75, 3.05) is 0 Å². The van der Waals surface area contributed by atoms with Crippen LogP contribution in [0.3, 0.4) is 0 Å². The first-order chi connectivity index (χ1) is 14.1. The molecule has 0 aliphatic carbocycles. The van der Waals surface area contributed by atoms with Gasteiger partial charge in [-0.1, -0.05) is 36.4 Å². The summed E-state index contributed by atoms with van der Waals surface area (Å²) in [5.41, 5.74) is 0.750. The van der Waals surface area contributed by atoms with Gasteiger partial charge in [-0.3, -0.25) is 9.59 Å². The molecule has 0 aliphatic rings. The van der Waals surface area contributed by atoms with Crippen LogP contribution in [0.15, 0.2) is 57.7 Å². The molecule has 0 saturated carbocycles. The first kappa shape index (κ1) is 21.3. The molecule has 1 N–H and O–H groups in total. The van der Waals surface area contributed by atoms with E-state index in [1.165, 1.54) is 13.0 Å². The van der Waals surface area contributed by atoms with Crippen LogP contribution >= 0.6 is 0 Å². The third-order valence-electron chi connectivity index (χ3n) is 4.55. The number of fused-ring (bicyclic) bond motifs is 1. The second-order valence-corrected chi connectivity index (χ2v) is 8.22. The summed E-state index contributed by atoms with van der Waals surface area (Å²) in [7, 11) is 0. The average molecular weight is 407 g/mol. The van der Waals surface area contributed by atoms with Crippen molar-refractivity contribution in [3.05, 3.63) is 69.9 Å². The lowest BCUT2D eigenvalue weighted by Gasteiger charge is -2.23. The molecule has 1 aromatic heterocycles. The van der Waals surface area contributed by atoms with Gasteiger partial charge in [-0.15, -0.1) is 0 Å². The molecule has 0 spiro atoms. The minimum atomic E-state index is -1.00. The van der Waals surface area contributed by atoms with Gasteiger partial charge in [0.15, 0.2) is 17.1 Å². The summed E-state index contributed by atoms with van der Waals surface area (Å²) in [5.74, 6) is -0.742. The van der Waals surface area contributed by atoms with E-state index in [2.05, 4.69) is 5.32 Å². The summed E-state index contributed by atoms with van der Waals surface area (Å²) >= 11 is 0. The monoisotopic (exact) mass is 407 g/mol. The van der Waals surface area contributed by atoms with Crippen molar-refractivity contribution in [3.63, 3.8) is 0 Å². The highest BCUT2D eigenvalue weighted by atomic mass is 16.5. The lowest BCUT2D eigenvalue weighted by Crippen LogP contribution is -2.46. The number of carbonyl (C=O) groups excluding carboxylic acids is 2. The first-order valence-electron chi connectivity index (χ1n) is 9.73. The maximum atomic E-state index is 12.9. The highest BCUT2D eigenvalue weighted by Gasteiger charge is 2.25. The molecule has 0 unspecified atom stereocenters. The third-order valence-corrected chi connectivity index (χ3v) is 4.55. The van der Waals surface area contributed by atoms with E-state index in [-0.39, 0.29) is 22.0 Å². The molecule has 0 fully saturated rings. The Morgan fingerprint density at radius 1 is 1.03 bits per heavy atom. The van der Waals surface area contributed by atoms with E-state index in [1.807, 2.05) is 51.1 Å². The van der Waals surface area contributed by atoms with Gasteiger partial charge in [0, 0.05) is 16.7 Å². The van der Waals surface area contributed by atoms with Crippen LogP contribution in [0.1, 0.15) is 43.6 Å². The normalized spacial score (nSPS) is 12.4. The first-order valence-corrected chi connectivity index (χ1v) is 9.73. The quantitative estimate of drug-likeness (QED) is 0.654. The molecule has 3 aromatic rings. The Bertz CT molecular complexity index is 1160. The predicted molar refractivity (Wildman–Crippen MR) is 115 cm³/mol. The van der Waals surface area contributed by atoms with E-state index in [4.69, 9.17) is 9.15 Å². The van der Waals surface area contributed by atoms with Gasteiger partial charge in [-0.2, -0.15) is 0 Å². The Morgan fingerprint density at radius 2 is 1.70 bits per heavy atom. The largest absolute Gasteiger partial charge is 0.455 e. The molecule has 0 saturated heterocycles. The maximum absolute atomic E-state index is 12.9. The molecule has 1 heterocycles. The zero-order chi connectivity index (χ0) is 22.1. The molecule has 0 bridgehead atoms. The van der Waals surface area contributed by atoms with Gasteiger partial charge in [0.1, 0.15) is 11.3 Å². The van der Waals surface area contributed by atoms with Gasteiger partial charge < -0.3 is 14.5 Å². The molecule has 6 nitrogen and oxygen atoms in total. The number of benzene rings is 2. The van der Waals surface area contributed by atoms with E-state index < -0.39 is 23.5 Å². The second kappa shape index (κ2) is 8.14. The summed E-state index contributed by atoms with van der Waals surface area (Å²) in [4.78, 5) is 38.0. The number of ether oxygens (including phenoxy) is 1. The van der Waals surface area contributed by atoms with Gasteiger partial charge in [0.05, 0.1) is 5.39 Å². The number of amides is 1. The van der Waals surface area contributed by atoms with Crippen molar-refractivity contribution in [1.82, 2.24) is 5.32 Å². The summed E-state index contributed by atoms with van der Waals surface area (Å²) in [5, 5.41) is 3.06. The van der Waals surface area contributed by atoms with Crippen molar-refractivity contribution in [2.24, 2.45) is 0 Å². The van der Waals surface area contributed by atoms with Crippen LogP contribution in [0.5, 0.6) is 0 Å². The SMILES string of the molecule is Cc1c(-c2ccccc2)oc2c(C(=O)O[C@@H](C)C(=O)NC(C)(C)C)cccc2c1=O. The molecule has 156 valence electrons. The summed E-state index contributed by atoms with van der Waals surface area (Å²) in [6, 6.07) is 13.9. The number of rotatable bonds is 4. The fourth-order valence-electron chi connectivity index (χ4n) is 3.08. The zero-order valence-corrected chi connectivity index (χ0v) is 17.7. The molecular weight excluding hydrogens is 382 g/mol. The van der Waals surface area contributed by atoms with Crippen LogP contribution in [0, 0.1) is 6.92 Å². The second-order valence-electron chi connectivity index (χ2n) is 8.22. The Balaban J connectivity index is 2.02. The standard InChI is InChI=1S/C24H25NO5/c1-14-19(26)17-12-9-13-18(21(17)30-20(14)16-10-7-6-8-11-16)23(28)29-15(2)22(27)25-24(3,4)5/h6-13,15H,1-5H3,(H,25,27)/t15-/m0/s1.